The molecule has 6 nitrogen and oxygen atoms in total. The Morgan fingerprint density at radius 1 is 1.40 bits per heavy atom. The topological polar surface area (TPSA) is 102 Å². The van der Waals surface area contributed by atoms with E-state index in [9.17, 15) is 32.2 Å². The van der Waals surface area contributed by atoms with Gasteiger partial charge in [0.15, 0.2) is 0 Å². The Kier molecular flexibility index (Phi) is 3.39. The molecule has 0 aliphatic heterocycles. The van der Waals surface area contributed by atoms with Gasteiger partial charge in [-0.05, 0) is 0 Å². The van der Waals surface area contributed by atoms with Crippen LogP contribution < -0.4 is 10.2 Å². The molecule has 0 aromatic rings. The summed E-state index contributed by atoms with van der Waals surface area (Å²) >= 11 is 0. The van der Waals surface area contributed by atoms with Crippen molar-refractivity contribution < 1.29 is 32.2 Å². The first-order valence-electron chi connectivity index (χ1n) is 3.18. The molecule has 0 heterocycles. The monoisotopic (exact) mass is 239 g/mol. The van der Waals surface area contributed by atoms with Crippen molar-refractivity contribution in [1.29, 1.82) is 0 Å². The Hall–Kier alpha value is -1.69. The maximum Gasteiger partial charge on any atom is 0.380 e. The summed E-state index contributed by atoms with van der Waals surface area (Å²) in [5.74, 6) is -4.66. The molecular formula is C6H3F2NO5S-2. The van der Waals surface area contributed by atoms with Crippen LogP contribution in [0.5, 0.6) is 0 Å². The van der Waals surface area contributed by atoms with E-state index < -0.39 is 31.8 Å². The number of carbonyl (C=O) groups excluding carboxylic acids is 1. The van der Waals surface area contributed by atoms with E-state index in [1.807, 2.05) is 0 Å². The van der Waals surface area contributed by atoms with Crippen LogP contribution in [-0.4, -0.2) is 19.6 Å². The Morgan fingerprint density at radius 3 is 2.00 bits per heavy atom. The van der Waals surface area contributed by atoms with Crippen molar-refractivity contribution in [2.75, 3.05) is 0 Å². The largest absolute Gasteiger partial charge is 0.884 e. The van der Waals surface area contributed by atoms with E-state index in [1.54, 1.807) is 0 Å². The highest BCUT2D eigenvalue weighted by atomic mass is 32.2. The number of carboxylic acid groups (broad SMARTS) is 1. The van der Waals surface area contributed by atoms with Gasteiger partial charge in [-0.3, -0.25) is 0 Å². The van der Waals surface area contributed by atoms with Gasteiger partial charge in [-0.15, -0.1) is 5.76 Å². The smallest absolute Gasteiger partial charge is 0.380 e. The molecule has 9 heteroatoms. The first kappa shape index (κ1) is 13.3. The molecule has 0 N–H and O–H groups in total. The van der Waals surface area contributed by atoms with Crippen molar-refractivity contribution in [2.45, 2.75) is 12.2 Å². The van der Waals surface area contributed by atoms with E-state index in [0.29, 0.717) is 6.92 Å². The highest BCUT2D eigenvalue weighted by Gasteiger charge is 2.49. The second-order valence-corrected chi connectivity index (χ2v) is 4.19. The van der Waals surface area contributed by atoms with Crippen molar-refractivity contribution >= 4 is 15.8 Å². The highest BCUT2D eigenvalue weighted by Crippen LogP contribution is 2.29. The number of sulfone groups is 1. The van der Waals surface area contributed by atoms with Crippen molar-refractivity contribution in [3.63, 3.8) is 0 Å². The molecule has 0 aromatic carbocycles. The zero-order valence-corrected chi connectivity index (χ0v) is 7.97. The van der Waals surface area contributed by atoms with Gasteiger partial charge in [-0.25, -0.2) is 13.3 Å². The van der Waals surface area contributed by atoms with Gasteiger partial charge >= 0.3 is 5.25 Å². The Bertz CT molecular complexity index is 454. The van der Waals surface area contributed by atoms with E-state index in [2.05, 4.69) is 4.85 Å². The number of nitrogens with zero attached hydrogens (tertiary/aromatic N) is 1. The lowest BCUT2D eigenvalue weighted by Crippen LogP contribution is -2.47. The number of hydrogen-bond acceptors (Lipinski definition) is 5. The number of carbonyl (C=O) groups is 1. The van der Waals surface area contributed by atoms with Crippen LogP contribution in [0, 0.1) is 6.57 Å². The second-order valence-electron chi connectivity index (χ2n) is 2.28. The quantitative estimate of drug-likeness (QED) is 0.427. The van der Waals surface area contributed by atoms with E-state index in [-0.39, 0.29) is 0 Å². The number of aliphatic carboxylic acids is 1. The number of rotatable bonds is 3. The summed E-state index contributed by atoms with van der Waals surface area (Å²) in [5, 5.41) is 13.2. The van der Waals surface area contributed by atoms with E-state index in [1.165, 1.54) is 0 Å². The van der Waals surface area contributed by atoms with Crippen molar-refractivity contribution in [2.24, 2.45) is 0 Å². The average molecular weight is 239 g/mol. The molecule has 0 radical (unpaired) electrons. The van der Waals surface area contributed by atoms with Gasteiger partial charge in [-0.1, -0.05) is 6.92 Å². The fourth-order valence-electron chi connectivity index (χ4n) is 0.559. The van der Waals surface area contributed by atoms with Gasteiger partial charge in [0.05, 0.1) is 6.57 Å². The maximum atomic E-state index is 12.6. The summed E-state index contributed by atoms with van der Waals surface area (Å²) in [4.78, 5) is 11.9. The zero-order valence-electron chi connectivity index (χ0n) is 7.15. The number of allylic oxidation sites excluding steroid dienone is 1. The molecule has 0 saturated heterocycles. The minimum absolute atomic E-state index is 0.552. The lowest BCUT2D eigenvalue weighted by molar-refractivity contribution is -0.321. The Balaban J connectivity index is 5.89. The molecule has 0 fully saturated rings. The standard InChI is InChI=1S/C6H5F2NO5S/c1-3(10)4(9-2)15(13,14)6(7,8)5(11)12/h10H,1H3,(H,11,12)/p-2/b4-3-. The number of hydrogen-bond donors (Lipinski definition) is 0. The van der Waals surface area contributed by atoms with Gasteiger partial charge in [0, 0.05) is 0 Å². The highest BCUT2D eigenvalue weighted by molar-refractivity contribution is 7.97. The first-order chi connectivity index (χ1) is 6.59. The summed E-state index contributed by atoms with van der Waals surface area (Å²) in [6, 6.07) is 0. The lowest BCUT2D eigenvalue weighted by atomic mass is 10.6. The van der Waals surface area contributed by atoms with Crippen molar-refractivity contribution in [3.05, 3.63) is 22.2 Å². The van der Waals surface area contributed by atoms with Crippen LogP contribution in [0.1, 0.15) is 6.92 Å². The van der Waals surface area contributed by atoms with Gasteiger partial charge < -0.3 is 15.0 Å². The molecule has 0 bridgehead atoms. The molecule has 0 rings (SSSR count). The summed E-state index contributed by atoms with van der Waals surface area (Å²) in [6.07, 6.45) is 0. The maximum absolute atomic E-state index is 12.6. The predicted molar refractivity (Wildman–Crippen MR) is 38.2 cm³/mol. The van der Waals surface area contributed by atoms with Gasteiger partial charge in [-0.2, -0.15) is 8.78 Å². The summed E-state index contributed by atoms with van der Waals surface area (Å²) in [6.45, 7) is 6.76. The van der Waals surface area contributed by atoms with Crippen LogP contribution in [0.4, 0.5) is 8.78 Å². The average Bonchev–Trinajstić information content (AvgIpc) is 2.03. The third-order valence-electron chi connectivity index (χ3n) is 1.23. The normalized spacial score (nSPS) is 14.0. The molecule has 0 aliphatic carbocycles. The molecule has 84 valence electrons. The molecule has 0 spiro atoms. The number of halogens is 2. The van der Waals surface area contributed by atoms with E-state index >= 15 is 0 Å². The minimum Gasteiger partial charge on any atom is -0.884 e. The van der Waals surface area contributed by atoms with Gasteiger partial charge in [0.25, 0.3) is 14.9 Å². The molecular weight excluding hydrogens is 236 g/mol. The van der Waals surface area contributed by atoms with Crippen LogP contribution in [0.2, 0.25) is 0 Å². The molecule has 15 heavy (non-hydrogen) atoms. The van der Waals surface area contributed by atoms with Crippen molar-refractivity contribution in [1.82, 2.24) is 0 Å². The zero-order chi connectivity index (χ0) is 12.4. The van der Waals surface area contributed by atoms with Gasteiger partial charge in [0.1, 0.15) is 5.97 Å². The predicted octanol–water partition coefficient (Wildman–Crippen LogP) is -1.79. The molecule has 0 unspecified atom stereocenters. The van der Waals surface area contributed by atoms with Crippen LogP contribution in [0.15, 0.2) is 10.8 Å². The molecule has 0 atom stereocenters. The van der Waals surface area contributed by atoms with E-state index in [0.717, 1.165) is 0 Å². The molecule has 0 aliphatic rings. The van der Waals surface area contributed by atoms with Gasteiger partial charge in [0.2, 0.25) is 0 Å². The van der Waals surface area contributed by atoms with Crippen LogP contribution in [0.3, 0.4) is 0 Å². The number of carboxylic acids is 1. The number of alkyl halides is 2. The fourth-order valence-corrected chi connectivity index (χ4v) is 1.52. The van der Waals surface area contributed by atoms with Crippen LogP contribution in [0.25, 0.3) is 4.85 Å². The van der Waals surface area contributed by atoms with E-state index in [4.69, 9.17) is 6.57 Å². The molecule has 0 aromatic heterocycles. The summed E-state index contributed by atoms with van der Waals surface area (Å²) < 4.78 is 46.8. The summed E-state index contributed by atoms with van der Waals surface area (Å²) in [5.41, 5.74) is 0. The van der Waals surface area contributed by atoms with Crippen LogP contribution in [-0.2, 0) is 14.6 Å². The third-order valence-corrected chi connectivity index (χ3v) is 2.96. The first-order valence-corrected chi connectivity index (χ1v) is 4.66. The Labute approximate surface area is 83.2 Å². The molecule has 0 saturated carbocycles. The fraction of sp³-hybridized carbons (Fsp3) is 0.333. The third kappa shape index (κ3) is 2.04. The minimum atomic E-state index is -5.83. The second kappa shape index (κ2) is 3.82. The Morgan fingerprint density at radius 2 is 1.80 bits per heavy atom. The SMILES string of the molecule is [C-]#[N+]/C(=C(\C)[O-])S(=O)(=O)C(F)(F)C(=O)[O-]. The summed E-state index contributed by atoms with van der Waals surface area (Å²) in [7, 11) is -5.83. The lowest BCUT2D eigenvalue weighted by Gasteiger charge is -2.19. The van der Waals surface area contributed by atoms with Crippen LogP contribution >= 0.6 is 0 Å². The van der Waals surface area contributed by atoms with Crippen molar-refractivity contribution in [3.8, 4) is 0 Å². The molecule has 0 amide bonds.